The lowest BCUT2D eigenvalue weighted by Crippen LogP contribution is -2.46. The highest BCUT2D eigenvalue weighted by molar-refractivity contribution is 5.75. The van der Waals surface area contributed by atoms with Gasteiger partial charge in [-0.3, -0.25) is 4.79 Å². The fraction of sp³-hybridized carbons (Fsp3) is 0.909. The molecule has 1 aliphatic heterocycles. The minimum atomic E-state index is 0.306. The number of rotatable bonds is 5. The number of hydrogen-bond acceptors (Lipinski definition) is 3. The van der Waals surface area contributed by atoms with Crippen molar-refractivity contribution in [3.8, 4) is 0 Å². The Hall–Kier alpha value is -0.410. The standard InChI is InChI=1S/C11H22N2O/c1-3-5-12-7-9-13(10-8-12)6-4-11(2)14/h3-10H2,1-2H3. The van der Waals surface area contributed by atoms with Gasteiger partial charge in [0.2, 0.25) is 0 Å². The summed E-state index contributed by atoms with van der Waals surface area (Å²) in [6, 6.07) is 0. The van der Waals surface area contributed by atoms with Gasteiger partial charge in [-0.2, -0.15) is 0 Å². The highest BCUT2D eigenvalue weighted by Gasteiger charge is 2.15. The van der Waals surface area contributed by atoms with Crippen molar-refractivity contribution < 1.29 is 4.79 Å². The number of piperazine rings is 1. The molecule has 82 valence electrons. The van der Waals surface area contributed by atoms with Crippen LogP contribution in [-0.2, 0) is 4.79 Å². The normalized spacial score (nSPS) is 19.9. The van der Waals surface area contributed by atoms with Crippen molar-refractivity contribution in [2.75, 3.05) is 39.3 Å². The molecule has 1 fully saturated rings. The zero-order valence-corrected chi connectivity index (χ0v) is 9.46. The number of hydrogen-bond donors (Lipinski definition) is 0. The molecule has 3 heteroatoms. The van der Waals surface area contributed by atoms with Crippen LogP contribution in [0.3, 0.4) is 0 Å². The largest absolute Gasteiger partial charge is 0.301 e. The van der Waals surface area contributed by atoms with Gasteiger partial charge in [-0.1, -0.05) is 6.92 Å². The molecule has 0 atom stereocenters. The topological polar surface area (TPSA) is 23.6 Å². The molecule has 0 aromatic heterocycles. The van der Waals surface area contributed by atoms with Gasteiger partial charge in [0.1, 0.15) is 5.78 Å². The van der Waals surface area contributed by atoms with Crippen LogP contribution in [0.5, 0.6) is 0 Å². The van der Waals surface area contributed by atoms with E-state index in [9.17, 15) is 4.79 Å². The molecule has 0 unspecified atom stereocenters. The van der Waals surface area contributed by atoms with Crippen molar-refractivity contribution in [2.45, 2.75) is 26.7 Å². The molecule has 0 aromatic carbocycles. The van der Waals surface area contributed by atoms with Gasteiger partial charge >= 0.3 is 0 Å². The molecule has 1 aliphatic rings. The third kappa shape index (κ3) is 4.20. The smallest absolute Gasteiger partial charge is 0.131 e. The first-order valence-electron chi connectivity index (χ1n) is 5.66. The Balaban J connectivity index is 2.12. The lowest BCUT2D eigenvalue weighted by Gasteiger charge is -2.34. The number of ketones is 1. The molecule has 0 saturated carbocycles. The highest BCUT2D eigenvalue weighted by atomic mass is 16.1. The van der Waals surface area contributed by atoms with Crippen molar-refractivity contribution in [3.05, 3.63) is 0 Å². The third-order valence-electron chi connectivity index (χ3n) is 2.78. The van der Waals surface area contributed by atoms with E-state index < -0.39 is 0 Å². The van der Waals surface area contributed by atoms with Crippen LogP contribution in [-0.4, -0.2) is 54.9 Å². The highest BCUT2D eigenvalue weighted by Crippen LogP contribution is 2.03. The first-order chi connectivity index (χ1) is 6.72. The van der Waals surface area contributed by atoms with Crippen molar-refractivity contribution in [1.82, 2.24) is 9.80 Å². The first kappa shape index (κ1) is 11.7. The maximum absolute atomic E-state index is 10.8. The van der Waals surface area contributed by atoms with Crippen LogP contribution in [0.1, 0.15) is 26.7 Å². The monoisotopic (exact) mass is 198 g/mol. The minimum absolute atomic E-state index is 0.306. The fourth-order valence-corrected chi connectivity index (χ4v) is 1.87. The van der Waals surface area contributed by atoms with E-state index in [1.807, 2.05) is 0 Å². The number of Topliss-reactive ketones (excluding diaryl/α,β-unsaturated/α-hetero) is 1. The average molecular weight is 198 g/mol. The van der Waals surface area contributed by atoms with Gasteiger partial charge in [0.15, 0.2) is 0 Å². The summed E-state index contributed by atoms with van der Waals surface area (Å²) in [7, 11) is 0. The molecule has 0 bridgehead atoms. The molecular formula is C11H22N2O. The third-order valence-corrected chi connectivity index (χ3v) is 2.78. The minimum Gasteiger partial charge on any atom is -0.301 e. The van der Waals surface area contributed by atoms with Crippen LogP contribution >= 0.6 is 0 Å². The van der Waals surface area contributed by atoms with Gasteiger partial charge in [0, 0.05) is 39.1 Å². The number of carbonyl (C=O) groups is 1. The Morgan fingerprint density at radius 1 is 1.07 bits per heavy atom. The molecule has 14 heavy (non-hydrogen) atoms. The molecular weight excluding hydrogens is 176 g/mol. The summed E-state index contributed by atoms with van der Waals surface area (Å²) in [6.45, 7) is 10.7. The maximum atomic E-state index is 10.8. The second-order valence-corrected chi connectivity index (χ2v) is 4.14. The van der Waals surface area contributed by atoms with Gasteiger partial charge in [-0.25, -0.2) is 0 Å². The second-order valence-electron chi connectivity index (χ2n) is 4.14. The van der Waals surface area contributed by atoms with Crippen LogP contribution in [0.25, 0.3) is 0 Å². The zero-order valence-electron chi connectivity index (χ0n) is 9.46. The van der Waals surface area contributed by atoms with Crippen LogP contribution in [0.4, 0.5) is 0 Å². The summed E-state index contributed by atoms with van der Waals surface area (Å²) in [5, 5.41) is 0. The first-order valence-corrected chi connectivity index (χ1v) is 5.66. The zero-order chi connectivity index (χ0) is 10.4. The summed E-state index contributed by atoms with van der Waals surface area (Å²) in [4.78, 5) is 15.7. The van der Waals surface area contributed by atoms with Crippen molar-refractivity contribution in [2.24, 2.45) is 0 Å². The Kier molecular flexibility index (Phi) is 5.12. The SMILES string of the molecule is CCCN1CCN(CCC(C)=O)CC1. The van der Waals surface area contributed by atoms with E-state index in [0.717, 1.165) is 19.6 Å². The molecule has 0 amide bonds. The van der Waals surface area contributed by atoms with E-state index >= 15 is 0 Å². The Bertz CT molecular complexity index is 174. The van der Waals surface area contributed by atoms with Crippen LogP contribution < -0.4 is 0 Å². The Labute approximate surface area is 87.1 Å². The summed E-state index contributed by atoms with van der Waals surface area (Å²) < 4.78 is 0. The predicted octanol–water partition coefficient (Wildman–Crippen LogP) is 0.993. The Morgan fingerprint density at radius 2 is 1.57 bits per heavy atom. The van der Waals surface area contributed by atoms with Crippen molar-refractivity contribution >= 4 is 5.78 Å². The lowest BCUT2D eigenvalue weighted by atomic mass is 10.2. The van der Waals surface area contributed by atoms with Gasteiger partial charge in [-0.05, 0) is 19.9 Å². The van der Waals surface area contributed by atoms with Crippen LogP contribution in [0, 0.1) is 0 Å². The predicted molar refractivity (Wildman–Crippen MR) is 58.5 cm³/mol. The van der Waals surface area contributed by atoms with E-state index in [0.29, 0.717) is 12.2 Å². The molecule has 3 nitrogen and oxygen atoms in total. The summed E-state index contributed by atoms with van der Waals surface area (Å²) >= 11 is 0. The fourth-order valence-electron chi connectivity index (χ4n) is 1.87. The van der Waals surface area contributed by atoms with E-state index in [4.69, 9.17) is 0 Å². The average Bonchev–Trinajstić information content (AvgIpc) is 2.17. The maximum Gasteiger partial charge on any atom is 0.131 e. The summed E-state index contributed by atoms with van der Waals surface area (Å²) in [6.07, 6.45) is 1.96. The molecule has 0 radical (unpaired) electrons. The molecule has 1 rings (SSSR count). The van der Waals surface area contributed by atoms with Gasteiger partial charge < -0.3 is 9.80 Å². The number of nitrogens with zero attached hydrogens (tertiary/aromatic N) is 2. The molecule has 1 heterocycles. The van der Waals surface area contributed by atoms with Gasteiger partial charge in [0.25, 0.3) is 0 Å². The summed E-state index contributed by atoms with van der Waals surface area (Å²) in [5.41, 5.74) is 0. The molecule has 0 aromatic rings. The van der Waals surface area contributed by atoms with Gasteiger partial charge in [0.05, 0.1) is 0 Å². The van der Waals surface area contributed by atoms with Crippen molar-refractivity contribution in [3.63, 3.8) is 0 Å². The van der Waals surface area contributed by atoms with Gasteiger partial charge in [-0.15, -0.1) is 0 Å². The van der Waals surface area contributed by atoms with E-state index in [1.54, 1.807) is 6.92 Å². The second kappa shape index (κ2) is 6.14. The molecule has 0 N–H and O–H groups in total. The molecule has 1 saturated heterocycles. The quantitative estimate of drug-likeness (QED) is 0.658. The van der Waals surface area contributed by atoms with Crippen molar-refractivity contribution in [1.29, 1.82) is 0 Å². The molecule has 0 aliphatic carbocycles. The number of carbonyl (C=O) groups excluding carboxylic acids is 1. The van der Waals surface area contributed by atoms with Crippen LogP contribution in [0.2, 0.25) is 0 Å². The van der Waals surface area contributed by atoms with E-state index in [2.05, 4.69) is 16.7 Å². The van der Waals surface area contributed by atoms with Crippen LogP contribution in [0.15, 0.2) is 0 Å². The van der Waals surface area contributed by atoms with E-state index in [-0.39, 0.29) is 0 Å². The summed E-state index contributed by atoms with van der Waals surface area (Å²) in [5.74, 6) is 0.306. The molecule has 0 spiro atoms. The lowest BCUT2D eigenvalue weighted by molar-refractivity contribution is -0.117. The Morgan fingerprint density at radius 3 is 2.00 bits per heavy atom. The van der Waals surface area contributed by atoms with E-state index in [1.165, 1.54) is 26.1 Å².